The van der Waals surface area contributed by atoms with Crippen LogP contribution in [0, 0.1) is 28.0 Å². The molecule has 1 unspecified atom stereocenters. The number of hydrogen-bond donors (Lipinski definition) is 1. The molecule has 1 aliphatic rings. The van der Waals surface area contributed by atoms with Crippen molar-refractivity contribution in [2.75, 3.05) is 5.32 Å². The molecule has 132 valence electrons. The van der Waals surface area contributed by atoms with Gasteiger partial charge < -0.3 is 5.32 Å². The van der Waals surface area contributed by atoms with E-state index in [1.807, 2.05) is 31.2 Å². The van der Waals surface area contributed by atoms with Crippen molar-refractivity contribution in [2.45, 2.75) is 33.1 Å². The molecule has 0 saturated heterocycles. The monoisotopic (exact) mass is 380 g/mol. The Bertz CT molecular complexity index is 965. The van der Waals surface area contributed by atoms with Crippen molar-refractivity contribution >= 4 is 40.5 Å². The largest absolute Gasteiger partial charge is 0.313 e. The summed E-state index contributed by atoms with van der Waals surface area (Å²) in [5.74, 6) is 0.331. The van der Waals surface area contributed by atoms with E-state index in [4.69, 9.17) is 12.2 Å². The summed E-state index contributed by atoms with van der Waals surface area (Å²) >= 11 is 6.86. The molecule has 1 aromatic carbocycles. The molecule has 1 atom stereocenters. The Hall–Kier alpha value is -2.29. The van der Waals surface area contributed by atoms with Gasteiger partial charge in [0.25, 0.3) is 0 Å². The molecule has 1 heterocycles. The SMILES string of the molecule is Cc1ccc(/C=C/C(=O)Nc2sc(=S)c3c(c2C#N)CCC(C)C3)cc1. The molecule has 1 amide bonds. The zero-order chi connectivity index (χ0) is 18.7. The molecular weight excluding hydrogens is 360 g/mol. The summed E-state index contributed by atoms with van der Waals surface area (Å²) in [4.78, 5) is 12.3. The first-order chi connectivity index (χ1) is 12.5. The fourth-order valence-corrected chi connectivity index (χ4v) is 4.54. The smallest absolute Gasteiger partial charge is 0.249 e. The predicted molar refractivity (Wildman–Crippen MR) is 110 cm³/mol. The van der Waals surface area contributed by atoms with Crippen molar-refractivity contribution in [1.82, 2.24) is 0 Å². The second-order valence-electron chi connectivity index (χ2n) is 6.74. The van der Waals surface area contributed by atoms with Crippen LogP contribution < -0.4 is 5.32 Å². The standard InChI is InChI=1S/C21H20N2OS2/c1-13-3-6-15(7-4-13)8-10-19(24)23-20-18(12-22)16-9-5-14(2)11-17(16)21(25)26-20/h3-4,6-8,10,14H,5,9,11H2,1-2H3,(H,23,24)/b10-8+. The molecule has 2 aromatic rings. The van der Waals surface area contributed by atoms with E-state index < -0.39 is 0 Å². The van der Waals surface area contributed by atoms with Crippen LogP contribution in [-0.4, -0.2) is 5.91 Å². The third-order valence-corrected chi connectivity index (χ3v) is 6.07. The highest BCUT2D eigenvalue weighted by Crippen LogP contribution is 2.35. The zero-order valence-corrected chi connectivity index (χ0v) is 16.5. The van der Waals surface area contributed by atoms with E-state index in [-0.39, 0.29) is 5.91 Å². The summed E-state index contributed by atoms with van der Waals surface area (Å²) in [6, 6.07) is 10.2. The quantitative estimate of drug-likeness (QED) is 0.570. The first kappa shape index (κ1) is 18.5. The second-order valence-corrected chi connectivity index (χ2v) is 8.43. The normalized spacial score (nSPS) is 16.1. The van der Waals surface area contributed by atoms with Gasteiger partial charge in [0.05, 0.1) is 9.39 Å². The van der Waals surface area contributed by atoms with Crippen LogP contribution in [-0.2, 0) is 17.6 Å². The maximum absolute atomic E-state index is 12.3. The summed E-state index contributed by atoms with van der Waals surface area (Å²) in [7, 11) is 0. The van der Waals surface area contributed by atoms with Gasteiger partial charge in [-0.05, 0) is 54.9 Å². The Morgan fingerprint density at radius 1 is 1.35 bits per heavy atom. The highest BCUT2D eigenvalue weighted by atomic mass is 32.1. The first-order valence-electron chi connectivity index (χ1n) is 8.62. The summed E-state index contributed by atoms with van der Waals surface area (Å²) < 4.78 is 0.781. The molecule has 0 saturated carbocycles. The number of carbonyl (C=O) groups is 1. The lowest BCUT2D eigenvalue weighted by Crippen LogP contribution is -2.15. The molecule has 3 rings (SSSR count). The summed E-state index contributed by atoms with van der Waals surface area (Å²) in [5, 5.41) is 13.0. The minimum atomic E-state index is -0.253. The highest BCUT2D eigenvalue weighted by molar-refractivity contribution is 7.73. The zero-order valence-electron chi connectivity index (χ0n) is 14.8. The van der Waals surface area contributed by atoms with E-state index in [2.05, 4.69) is 18.3 Å². The molecule has 0 spiro atoms. The van der Waals surface area contributed by atoms with Crippen LogP contribution in [0.2, 0.25) is 0 Å². The number of benzene rings is 1. The van der Waals surface area contributed by atoms with Crippen LogP contribution in [0.1, 0.15) is 41.2 Å². The number of nitrogens with zero attached hydrogens (tertiary/aromatic N) is 1. The number of aryl methyl sites for hydroxylation is 1. The van der Waals surface area contributed by atoms with Gasteiger partial charge in [-0.15, -0.1) is 11.3 Å². The molecule has 1 aliphatic carbocycles. The number of carbonyl (C=O) groups excluding carboxylic acids is 1. The van der Waals surface area contributed by atoms with Gasteiger partial charge in [-0.25, -0.2) is 0 Å². The Balaban J connectivity index is 1.84. The molecule has 5 heteroatoms. The Morgan fingerprint density at radius 2 is 2.08 bits per heavy atom. The molecule has 26 heavy (non-hydrogen) atoms. The third-order valence-electron chi connectivity index (χ3n) is 4.63. The average molecular weight is 381 g/mol. The Kier molecular flexibility index (Phi) is 5.65. The minimum absolute atomic E-state index is 0.253. The molecule has 1 aromatic heterocycles. The Morgan fingerprint density at radius 3 is 2.77 bits per heavy atom. The van der Waals surface area contributed by atoms with E-state index in [1.165, 1.54) is 23.0 Å². The van der Waals surface area contributed by atoms with E-state index in [0.29, 0.717) is 16.5 Å². The van der Waals surface area contributed by atoms with Crippen molar-refractivity contribution in [1.29, 1.82) is 5.26 Å². The molecule has 1 N–H and O–H groups in total. The molecule has 0 radical (unpaired) electrons. The number of amides is 1. The van der Waals surface area contributed by atoms with Gasteiger partial charge >= 0.3 is 0 Å². The van der Waals surface area contributed by atoms with Gasteiger partial charge in [0, 0.05) is 6.08 Å². The lowest BCUT2D eigenvalue weighted by Gasteiger charge is -2.23. The number of nitriles is 1. The van der Waals surface area contributed by atoms with Gasteiger partial charge in [0.1, 0.15) is 11.1 Å². The number of fused-ring (bicyclic) bond motifs is 1. The maximum atomic E-state index is 12.3. The van der Waals surface area contributed by atoms with Crippen molar-refractivity contribution in [3.63, 3.8) is 0 Å². The van der Waals surface area contributed by atoms with E-state index in [0.717, 1.165) is 39.8 Å². The minimum Gasteiger partial charge on any atom is -0.313 e. The number of anilines is 1. The van der Waals surface area contributed by atoms with Crippen LogP contribution in [0.25, 0.3) is 6.08 Å². The van der Waals surface area contributed by atoms with Crippen LogP contribution in [0.15, 0.2) is 30.3 Å². The topological polar surface area (TPSA) is 52.9 Å². The summed E-state index contributed by atoms with van der Waals surface area (Å²) in [6.45, 7) is 4.23. The molecular formula is C21H20N2OS2. The summed E-state index contributed by atoms with van der Waals surface area (Å²) in [6.07, 6.45) is 6.06. The lowest BCUT2D eigenvalue weighted by molar-refractivity contribution is -0.111. The van der Waals surface area contributed by atoms with Gasteiger partial charge in [-0.3, -0.25) is 4.79 Å². The van der Waals surface area contributed by atoms with Crippen LogP contribution in [0.4, 0.5) is 5.00 Å². The third kappa shape index (κ3) is 4.09. The van der Waals surface area contributed by atoms with Crippen molar-refractivity contribution < 1.29 is 4.79 Å². The van der Waals surface area contributed by atoms with Crippen molar-refractivity contribution in [3.8, 4) is 6.07 Å². The first-order valence-corrected chi connectivity index (χ1v) is 9.85. The maximum Gasteiger partial charge on any atom is 0.249 e. The van der Waals surface area contributed by atoms with Gasteiger partial charge in [0.2, 0.25) is 5.91 Å². The fraction of sp³-hybridized carbons (Fsp3) is 0.286. The van der Waals surface area contributed by atoms with Crippen LogP contribution in [0.3, 0.4) is 0 Å². The van der Waals surface area contributed by atoms with Gasteiger partial charge in [0.15, 0.2) is 0 Å². The molecule has 3 nitrogen and oxygen atoms in total. The molecule has 0 fully saturated rings. The number of rotatable bonds is 3. The lowest BCUT2D eigenvalue weighted by atomic mass is 9.85. The fourth-order valence-electron chi connectivity index (χ4n) is 3.15. The number of hydrogen-bond acceptors (Lipinski definition) is 4. The van der Waals surface area contributed by atoms with Crippen molar-refractivity contribution in [3.05, 3.63) is 62.0 Å². The van der Waals surface area contributed by atoms with Crippen LogP contribution in [0.5, 0.6) is 0 Å². The van der Waals surface area contributed by atoms with E-state index in [1.54, 1.807) is 6.08 Å². The Labute approximate surface area is 163 Å². The predicted octanol–water partition coefficient (Wildman–Crippen LogP) is 5.43. The highest BCUT2D eigenvalue weighted by Gasteiger charge is 2.23. The van der Waals surface area contributed by atoms with E-state index in [9.17, 15) is 10.1 Å². The molecule has 0 bridgehead atoms. The van der Waals surface area contributed by atoms with E-state index >= 15 is 0 Å². The van der Waals surface area contributed by atoms with Crippen LogP contribution >= 0.6 is 23.6 Å². The number of nitrogens with one attached hydrogen (secondary N) is 1. The van der Waals surface area contributed by atoms with Gasteiger partial charge in [-0.1, -0.05) is 49.0 Å². The molecule has 0 aliphatic heterocycles. The van der Waals surface area contributed by atoms with Gasteiger partial charge in [-0.2, -0.15) is 5.26 Å². The summed E-state index contributed by atoms with van der Waals surface area (Å²) in [5.41, 5.74) is 4.84. The second kappa shape index (κ2) is 7.94. The van der Waals surface area contributed by atoms with Crippen molar-refractivity contribution in [2.24, 2.45) is 5.92 Å². The average Bonchev–Trinajstić information content (AvgIpc) is 2.62.